The van der Waals surface area contributed by atoms with E-state index < -0.39 is 0 Å². The number of hydrogen-bond donors (Lipinski definition) is 0. The van der Waals surface area contributed by atoms with Gasteiger partial charge in [0.25, 0.3) is 0 Å². The van der Waals surface area contributed by atoms with E-state index >= 15 is 0 Å². The van der Waals surface area contributed by atoms with Crippen molar-refractivity contribution in [2.45, 2.75) is 25.7 Å². The minimum absolute atomic E-state index is 0.418. The number of benzene rings is 2. The molecule has 0 aliphatic rings. The van der Waals surface area contributed by atoms with Crippen molar-refractivity contribution in [2.75, 3.05) is 0 Å². The van der Waals surface area contributed by atoms with Crippen molar-refractivity contribution in [1.82, 2.24) is 0 Å². The zero-order valence-corrected chi connectivity index (χ0v) is 9.24. The third-order valence-corrected chi connectivity index (χ3v) is 2.90. The van der Waals surface area contributed by atoms with Gasteiger partial charge < -0.3 is 0 Å². The van der Waals surface area contributed by atoms with Crippen molar-refractivity contribution in [1.29, 1.82) is 0 Å². The normalized spacial score (nSPS) is 12.9. The molecule has 2 aromatic rings. The summed E-state index contributed by atoms with van der Waals surface area (Å²) in [7, 11) is 0. The van der Waals surface area contributed by atoms with Crippen LogP contribution >= 0.6 is 0 Å². The first kappa shape index (κ1) is 10.2. The molecule has 77 valence electrons. The van der Waals surface area contributed by atoms with E-state index in [1.165, 1.54) is 22.8 Å². The first-order chi connectivity index (χ1) is 7.33. The van der Waals surface area contributed by atoms with E-state index in [9.17, 15) is 0 Å². The SMILES string of the molecule is [CH2]C(CCC)c1cccc2ccccc12. The van der Waals surface area contributed by atoms with Gasteiger partial charge in [-0.15, -0.1) is 0 Å². The molecule has 0 heteroatoms. The predicted molar refractivity (Wildman–Crippen MR) is 67.0 cm³/mol. The highest BCUT2D eigenvalue weighted by Gasteiger charge is 2.07. The molecule has 0 nitrogen and oxygen atoms in total. The summed E-state index contributed by atoms with van der Waals surface area (Å²) in [5, 5.41) is 2.67. The van der Waals surface area contributed by atoms with Crippen LogP contribution in [0.25, 0.3) is 10.8 Å². The summed E-state index contributed by atoms with van der Waals surface area (Å²) in [5.41, 5.74) is 1.38. The summed E-state index contributed by atoms with van der Waals surface area (Å²) in [5.74, 6) is 0.418. The van der Waals surface area contributed by atoms with Gasteiger partial charge in [-0.05, 0) is 35.6 Å². The Morgan fingerprint density at radius 3 is 2.60 bits per heavy atom. The zero-order valence-electron chi connectivity index (χ0n) is 9.24. The average Bonchev–Trinajstić information content (AvgIpc) is 2.28. The highest BCUT2D eigenvalue weighted by molar-refractivity contribution is 5.86. The van der Waals surface area contributed by atoms with Crippen LogP contribution in [0, 0.1) is 6.92 Å². The molecule has 0 fully saturated rings. The summed E-state index contributed by atoms with van der Waals surface area (Å²) in [6, 6.07) is 15.0. The fraction of sp³-hybridized carbons (Fsp3) is 0.267. The van der Waals surface area contributed by atoms with Crippen LogP contribution < -0.4 is 0 Å². The second kappa shape index (κ2) is 4.48. The third kappa shape index (κ3) is 2.04. The van der Waals surface area contributed by atoms with E-state index in [0.717, 1.165) is 6.42 Å². The number of hydrogen-bond acceptors (Lipinski definition) is 0. The molecule has 1 radical (unpaired) electrons. The molecule has 0 aliphatic heterocycles. The maximum Gasteiger partial charge on any atom is -0.0149 e. The van der Waals surface area contributed by atoms with E-state index in [-0.39, 0.29) is 0 Å². The highest BCUT2D eigenvalue weighted by Crippen LogP contribution is 2.27. The molecule has 0 amide bonds. The number of fused-ring (bicyclic) bond motifs is 1. The summed E-state index contributed by atoms with van der Waals surface area (Å²) >= 11 is 0. The Kier molecular flexibility index (Phi) is 3.05. The van der Waals surface area contributed by atoms with Crippen LogP contribution in [0.3, 0.4) is 0 Å². The fourth-order valence-electron chi connectivity index (χ4n) is 2.11. The Bertz CT molecular complexity index is 437. The molecule has 2 aromatic carbocycles. The molecule has 0 aliphatic carbocycles. The lowest BCUT2D eigenvalue weighted by atomic mass is 9.92. The van der Waals surface area contributed by atoms with E-state index in [2.05, 4.69) is 56.3 Å². The number of rotatable bonds is 3. The molecule has 0 N–H and O–H groups in total. The monoisotopic (exact) mass is 197 g/mol. The molecule has 15 heavy (non-hydrogen) atoms. The summed E-state index contributed by atoms with van der Waals surface area (Å²) in [6.07, 6.45) is 2.35. The van der Waals surface area contributed by atoms with Gasteiger partial charge in [0.05, 0.1) is 0 Å². The molecule has 1 atom stereocenters. The van der Waals surface area contributed by atoms with Crippen LogP contribution in [0.1, 0.15) is 31.2 Å². The largest absolute Gasteiger partial charge is 0.0654 e. The molecule has 2 rings (SSSR count). The van der Waals surface area contributed by atoms with Gasteiger partial charge in [0.1, 0.15) is 0 Å². The Morgan fingerprint density at radius 1 is 1.07 bits per heavy atom. The van der Waals surface area contributed by atoms with Gasteiger partial charge in [-0.25, -0.2) is 0 Å². The van der Waals surface area contributed by atoms with E-state index in [4.69, 9.17) is 0 Å². The Balaban J connectivity index is 2.50. The van der Waals surface area contributed by atoms with Gasteiger partial charge in [-0.2, -0.15) is 0 Å². The molecular weight excluding hydrogens is 180 g/mol. The zero-order chi connectivity index (χ0) is 10.7. The highest BCUT2D eigenvalue weighted by atomic mass is 14.1. The Hall–Kier alpha value is -1.30. The second-order valence-electron chi connectivity index (χ2n) is 4.05. The lowest BCUT2D eigenvalue weighted by Crippen LogP contribution is -1.94. The van der Waals surface area contributed by atoms with Crippen molar-refractivity contribution >= 4 is 10.8 Å². The second-order valence-corrected chi connectivity index (χ2v) is 4.05. The first-order valence-electron chi connectivity index (χ1n) is 5.63. The lowest BCUT2D eigenvalue weighted by Gasteiger charge is -2.13. The molecule has 0 saturated heterocycles. The van der Waals surface area contributed by atoms with Crippen molar-refractivity contribution in [3.63, 3.8) is 0 Å². The van der Waals surface area contributed by atoms with Gasteiger partial charge in [0.2, 0.25) is 0 Å². The average molecular weight is 197 g/mol. The van der Waals surface area contributed by atoms with E-state index in [1.807, 2.05) is 0 Å². The fourth-order valence-corrected chi connectivity index (χ4v) is 2.11. The maximum atomic E-state index is 4.25. The predicted octanol–water partition coefficient (Wildman–Crippen LogP) is 4.56. The van der Waals surface area contributed by atoms with Gasteiger partial charge in [-0.1, -0.05) is 55.8 Å². The summed E-state index contributed by atoms with van der Waals surface area (Å²) < 4.78 is 0. The van der Waals surface area contributed by atoms with Gasteiger partial charge in [-0.3, -0.25) is 0 Å². The lowest BCUT2D eigenvalue weighted by molar-refractivity contribution is 0.719. The molecule has 1 unspecified atom stereocenters. The van der Waals surface area contributed by atoms with E-state index in [1.54, 1.807) is 0 Å². The molecule has 0 spiro atoms. The van der Waals surface area contributed by atoms with Gasteiger partial charge >= 0.3 is 0 Å². The van der Waals surface area contributed by atoms with Crippen molar-refractivity contribution in [2.24, 2.45) is 0 Å². The first-order valence-corrected chi connectivity index (χ1v) is 5.63. The molecule has 0 saturated carbocycles. The van der Waals surface area contributed by atoms with Crippen LogP contribution in [0.5, 0.6) is 0 Å². The quantitative estimate of drug-likeness (QED) is 0.676. The molecule has 0 heterocycles. The standard InChI is InChI=1S/C15H17/c1-3-7-12(2)14-11-6-9-13-8-4-5-10-15(13)14/h4-6,8-12H,2-3,7H2,1H3. The van der Waals surface area contributed by atoms with Crippen molar-refractivity contribution in [3.8, 4) is 0 Å². The molecule has 0 aromatic heterocycles. The Morgan fingerprint density at radius 2 is 1.80 bits per heavy atom. The topological polar surface area (TPSA) is 0 Å². The maximum absolute atomic E-state index is 4.25. The summed E-state index contributed by atoms with van der Waals surface area (Å²) in [6.45, 7) is 6.46. The smallest absolute Gasteiger partial charge is 0.0149 e. The minimum atomic E-state index is 0.418. The van der Waals surface area contributed by atoms with Crippen LogP contribution in [-0.2, 0) is 0 Å². The Labute approximate surface area is 91.9 Å². The van der Waals surface area contributed by atoms with Crippen LogP contribution in [0.2, 0.25) is 0 Å². The van der Waals surface area contributed by atoms with Gasteiger partial charge in [0.15, 0.2) is 0 Å². The van der Waals surface area contributed by atoms with Crippen LogP contribution in [-0.4, -0.2) is 0 Å². The van der Waals surface area contributed by atoms with Crippen molar-refractivity contribution < 1.29 is 0 Å². The van der Waals surface area contributed by atoms with Crippen LogP contribution in [0.15, 0.2) is 42.5 Å². The van der Waals surface area contributed by atoms with Gasteiger partial charge in [0, 0.05) is 0 Å². The minimum Gasteiger partial charge on any atom is -0.0654 e. The molecular formula is C15H17. The van der Waals surface area contributed by atoms with Crippen LogP contribution in [0.4, 0.5) is 0 Å². The van der Waals surface area contributed by atoms with Crippen molar-refractivity contribution in [3.05, 3.63) is 55.0 Å². The molecule has 0 bridgehead atoms. The van der Waals surface area contributed by atoms with E-state index in [0.29, 0.717) is 5.92 Å². The third-order valence-electron chi connectivity index (χ3n) is 2.90. The summed E-state index contributed by atoms with van der Waals surface area (Å²) in [4.78, 5) is 0.